The molecule has 3 aromatic rings. The zero-order valence-electron chi connectivity index (χ0n) is 11.1. The molecule has 4 rings (SSSR count). The lowest BCUT2D eigenvalue weighted by molar-refractivity contribution is 1.11. The molecule has 0 spiro atoms. The summed E-state index contributed by atoms with van der Waals surface area (Å²) in [5.41, 5.74) is 6.23. The second-order valence-electron chi connectivity index (χ2n) is 5.15. The van der Waals surface area contributed by atoms with Crippen LogP contribution in [0.3, 0.4) is 0 Å². The summed E-state index contributed by atoms with van der Waals surface area (Å²) in [6.45, 7) is 1.88. The number of anilines is 2. The molecule has 0 radical (unpaired) electrons. The van der Waals surface area contributed by atoms with Crippen molar-refractivity contribution < 1.29 is 0 Å². The van der Waals surface area contributed by atoms with E-state index in [2.05, 4.69) is 57.2 Å². The fraction of sp³-hybridized carbons (Fsp3) is 0.188. The van der Waals surface area contributed by atoms with Crippen molar-refractivity contribution in [2.24, 2.45) is 0 Å². The van der Waals surface area contributed by atoms with Gasteiger partial charge in [-0.3, -0.25) is 5.10 Å². The number of rotatable bonds is 3. The van der Waals surface area contributed by atoms with E-state index >= 15 is 0 Å². The van der Waals surface area contributed by atoms with Crippen LogP contribution < -0.4 is 10.6 Å². The van der Waals surface area contributed by atoms with Gasteiger partial charge < -0.3 is 10.6 Å². The summed E-state index contributed by atoms with van der Waals surface area (Å²) in [6, 6.07) is 12.8. The number of aromatic nitrogens is 2. The standard InChI is InChI=1S/C16H16N4/c1-2-11-6-7-17-16(11)13(3-1)9-18-14-5-4-12-10-19-20-15(12)8-14/h1-5,8,10,17-18H,6-7,9H2,(H,19,20). The van der Waals surface area contributed by atoms with Crippen LogP contribution in [-0.2, 0) is 13.0 Å². The Morgan fingerprint density at radius 3 is 3.20 bits per heavy atom. The molecule has 4 heteroatoms. The van der Waals surface area contributed by atoms with Crippen LogP contribution in [-0.4, -0.2) is 16.7 Å². The van der Waals surface area contributed by atoms with E-state index in [9.17, 15) is 0 Å². The number of aromatic amines is 1. The highest BCUT2D eigenvalue weighted by Crippen LogP contribution is 2.27. The molecule has 100 valence electrons. The van der Waals surface area contributed by atoms with Gasteiger partial charge in [-0.05, 0) is 35.7 Å². The van der Waals surface area contributed by atoms with Gasteiger partial charge in [0.1, 0.15) is 0 Å². The average Bonchev–Trinajstić information content (AvgIpc) is 3.13. The monoisotopic (exact) mass is 264 g/mol. The van der Waals surface area contributed by atoms with Crippen molar-refractivity contribution in [3.05, 3.63) is 53.7 Å². The van der Waals surface area contributed by atoms with Crippen LogP contribution in [0.15, 0.2) is 42.6 Å². The fourth-order valence-electron chi connectivity index (χ4n) is 2.80. The molecule has 1 aliphatic rings. The number of hydrogen-bond acceptors (Lipinski definition) is 3. The topological polar surface area (TPSA) is 52.7 Å². The predicted molar refractivity (Wildman–Crippen MR) is 82.1 cm³/mol. The first kappa shape index (κ1) is 11.3. The highest BCUT2D eigenvalue weighted by molar-refractivity contribution is 5.81. The van der Waals surface area contributed by atoms with E-state index < -0.39 is 0 Å². The maximum atomic E-state index is 4.05. The zero-order valence-corrected chi connectivity index (χ0v) is 11.1. The highest BCUT2D eigenvalue weighted by atomic mass is 15.1. The Labute approximate surface area is 117 Å². The van der Waals surface area contributed by atoms with Gasteiger partial charge in [0, 0.05) is 29.9 Å². The minimum absolute atomic E-state index is 0.829. The molecule has 1 aliphatic heterocycles. The molecule has 2 aromatic carbocycles. The van der Waals surface area contributed by atoms with E-state index in [0.29, 0.717) is 0 Å². The summed E-state index contributed by atoms with van der Waals surface area (Å²) in [5, 5.41) is 15.1. The third-order valence-corrected chi connectivity index (χ3v) is 3.86. The summed E-state index contributed by atoms with van der Waals surface area (Å²) in [4.78, 5) is 0. The van der Waals surface area contributed by atoms with E-state index in [-0.39, 0.29) is 0 Å². The molecule has 0 atom stereocenters. The Hall–Kier alpha value is -2.49. The van der Waals surface area contributed by atoms with Gasteiger partial charge >= 0.3 is 0 Å². The smallest absolute Gasteiger partial charge is 0.0670 e. The summed E-state index contributed by atoms with van der Waals surface area (Å²) in [6.07, 6.45) is 2.97. The molecular formula is C16H16N4. The molecular weight excluding hydrogens is 248 g/mol. The maximum Gasteiger partial charge on any atom is 0.0670 e. The van der Waals surface area contributed by atoms with Gasteiger partial charge in [-0.15, -0.1) is 0 Å². The van der Waals surface area contributed by atoms with Crippen molar-refractivity contribution >= 4 is 22.3 Å². The molecule has 3 N–H and O–H groups in total. The lowest BCUT2D eigenvalue weighted by Gasteiger charge is -2.11. The molecule has 4 nitrogen and oxygen atoms in total. The number of benzene rings is 2. The van der Waals surface area contributed by atoms with Crippen molar-refractivity contribution in [3.63, 3.8) is 0 Å². The van der Waals surface area contributed by atoms with Crippen LogP contribution in [0.5, 0.6) is 0 Å². The maximum absolute atomic E-state index is 4.05. The van der Waals surface area contributed by atoms with Gasteiger partial charge in [0.25, 0.3) is 0 Å². The molecule has 0 amide bonds. The molecule has 0 aliphatic carbocycles. The van der Waals surface area contributed by atoms with Crippen LogP contribution in [0.25, 0.3) is 10.9 Å². The minimum atomic E-state index is 0.829. The van der Waals surface area contributed by atoms with Gasteiger partial charge in [0.2, 0.25) is 0 Å². The van der Waals surface area contributed by atoms with Crippen LogP contribution in [0.2, 0.25) is 0 Å². The van der Waals surface area contributed by atoms with Crippen molar-refractivity contribution in [2.75, 3.05) is 17.2 Å². The normalized spacial score (nSPS) is 13.2. The van der Waals surface area contributed by atoms with Crippen molar-refractivity contribution in [2.45, 2.75) is 13.0 Å². The number of nitrogens with one attached hydrogen (secondary N) is 3. The summed E-state index contributed by atoms with van der Waals surface area (Å²) < 4.78 is 0. The first-order valence-corrected chi connectivity index (χ1v) is 6.92. The second-order valence-corrected chi connectivity index (χ2v) is 5.15. The predicted octanol–water partition coefficient (Wildman–Crippen LogP) is 3.14. The van der Waals surface area contributed by atoms with Crippen LogP contribution >= 0.6 is 0 Å². The minimum Gasteiger partial charge on any atom is -0.384 e. The number of nitrogens with zero attached hydrogens (tertiary/aromatic N) is 1. The first-order valence-electron chi connectivity index (χ1n) is 6.92. The van der Waals surface area contributed by atoms with Crippen LogP contribution in [0.1, 0.15) is 11.1 Å². The molecule has 0 fully saturated rings. The summed E-state index contributed by atoms with van der Waals surface area (Å²) in [5.74, 6) is 0. The highest BCUT2D eigenvalue weighted by Gasteiger charge is 2.13. The largest absolute Gasteiger partial charge is 0.384 e. The van der Waals surface area contributed by atoms with E-state index in [0.717, 1.165) is 36.1 Å². The molecule has 2 heterocycles. The van der Waals surface area contributed by atoms with E-state index in [1.807, 2.05) is 6.20 Å². The van der Waals surface area contributed by atoms with E-state index in [1.54, 1.807) is 0 Å². The van der Waals surface area contributed by atoms with Gasteiger partial charge in [-0.2, -0.15) is 5.10 Å². The molecule has 0 saturated heterocycles. The lowest BCUT2D eigenvalue weighted by Crippen LogP contribution is -2.02. The fourth-order valence-corrected chi connectivity index (χ4v) is 2.80. The quantitative estimate of drug-likeness (QED) is 0.681. The van der Waals surface area contributed by atoms with Crippen LogP contribution in [0.4, 0.5) is 11.4 Å². The average molecular weight is 264 g/mol. The number of H-pyrrole nitrogens is 1. The Bertz CT molecular complexity index is 760. The Morgan fingerprint density at radius 1 is 1.20 bits per heavy atom. The van der Waals surface area contributed by atoms with Crippen molar-refractivity contribution in [1.29, 1.82) is 0 Å². The zero-order chi connectivity index (χ0) is 13.4. The lowest BCUT2D eigenvalue weighted by atomic mass is 10.1. The second kappa shape index (κ2) is 4.56. The summed E-state index contributed by atoms with van der Waals surface area (Å²) in [7, 11) is 0. The third kappa shape index (κ3) is 1.90. The Kier molecular flexibility index (Phi) is 2.59. The van der Waals surface area contributed by atoms with Gasteiger partial charge in [-0.1, -0.05) is 18.2 Å². The summed E-state index contributed by atoms with van der Waals surface area (Å²) >= 11 is 0. The molecule has 0 bridgehead atoms. The van der Waals surface area contributed by atoms with Gasteiger partial charge in [0.05, 0.1) is 11.7 Å². The van der Waals surface area contributed by atoms with Crippen LogP contribution in [0, 0.1) is 0 Å². The van der Waals surface area contributed by atoms with Crippen molar-refractivity contribution in [1.82, 2.24) is 10.2 Å². The Morgan fingerprint density at radius 2 is 2.20 bits per heavy atom. The molecule has 1 aromatic heterocycles. The molecule has 0 saturated carbocycles. The number of para-hydroxylation sites is 1. The van der Waals surface area contributed by atoms with Gasteiger partial charge in [0.15, 0.2) is 0 Å². The number of hydrogen-bond donors (Lipinski definition) is 3. The van der Waals surface area contributed by atoms with E-state index in [1.165, 1.54) is 16.8 Å². The molecule has 0 unspecified atom stereocenters. The third-order valence-electron chi connectivity index (χ3n) is 3.86. The van der Waals surface area contributed by atoms with Gasteiger partial charge in [-0.25, -0.2) is 0 Å². The number of fused-ring (bicyclic) bond motifs is 2. The SMILES string of the molecule is c1cc2c(c(CNc3ccc4cn[nH]c4c3)c1)NCC2. The Balaban J connectivity index is 1.57. The van der Waals surface area contributed by atoms with E-state index in [4.69, 9.17) is 0 Å². The molecule has 20 heavy (non-hydrogen) atoms. The first-order chi connectivity index (χ1) is 9.90. The van der Waals surface area contributed by atoms with Crippen molar-refractivity contribution in [3.8, 4) is 0 Å².